The molecule has 14 heteroatoms. The van der Waals surface area contributed by atoms with Gasteiger partial charge in [-0.3, -0.25) is 19.7 Å². The van der Waals surface area contributed by atoms with E-state index in [1.165, 1.54) is 6.20 Å². The molecule has 2 fully saturated rings. The SMILES string of the molecule is Cl.NS(=O)(=O)C1CN(Cc2cccnc2)C1.NS(=O)(=O)C1CNC1.O=Cc1cccnc1. The minimum atomic E-state index is -3.35. The number of hydrogen-bond acceptors (Lipinski definition) is 9. The van der Waals surface area contributed by atoms with Gasteiger partial charge >= 0.3 is 0 Å². The van der Waals surface area contributed by atoms with Gasteiger partial charge in [0.15, 0.2) is 6.29 Å². The van der Waals surface area contributed by atoms with E-state index < -0.39 is 25.3 Å². The fourth-order valence-electron chi connectivity index (χ4n) is 2.55. The second-order valence-electron chi connectivity index (χ2n) is 7.04. The number of carbonyl (C=O) groups excluding carboxylic acids is 1. The maximum atomic E-state index is 11.0. The smallest absolute Gasteiger partial charge is 0.214 e. The fraction of sp³-hybridized carbons (Fsp3) is 0.389. The quantitative estimate of drug-likeness (QED) is 0.434. The summed E-state index contributed by atoms with van der Waals surface area (Å²) in [6, 6.07) is 7.27. The van der Waals surface area contributed by atoms with Gasteiger partial charge in [-0.25, -0.2) is 27.1 Å². The first-order valence-corrected chi connectivity index (χ1v) is 12.5. The number of nitrogens with two attached hydrogens (primary N) is 2. The lowest BCUT2D eigenvalue weighted by atomic mass is 10.2. The van der Waals surface area contributed by atoms with Crippen molar-refractivity contribution in [2.45, 2.75) is 17.0 Å². The number of pyridine rings is 2. The van der Waals surface area contributed by atoms with Crippen molar-refractivity contribution in [2.24, 2.45) is 10.3 Å². The lowest BCUT2D eigenvalue weighted by Crippen LogP contribution is -2.55. The molecule has 0 radical (unpaired) electrons. The van der Waals surface area contributed by atoms with Gasteiger partial charge in [0.05, 0.1) is 5.25 Å². The minimum absolute atomic E-state index is 0. The van der Waals surface area contributed by atoms with Crippen LogP contribution in [0, 0.1) is 0 Å². The number of sulfonamides is 2. The van der Waals surface area contributed by atoms with E-state index in [0.29, 0.717) is 31.7 Å². The van der Waals surface area contributed by atoms with Gasteiger partial charge < -0.3 is 5.32 Å². The number of halogens is 1. The van der Waals surface area contributed by atoms with E-state index in [-0.39, 0.29) is 17.7 Å². The van der Waals surface area contributed by atoms with Gasteiger partial charge in [-0.05, 0) is 23.8 Å². The van der Waals surface area contributed by atoms with Crippen LogP contribution in [0.5, 0.6) is 0 Å². The van der Waals surface area contributed by atoms with Crippen LogP contribution in [0.4, 0.5) is 0 Å². The van der Waals surface area contributed by atoms with Crippen LogP contribution in [0.25, 0.3) is 0 Å². The lowest BCUT2D eigenvalue weighted by Gasteiger charge is -2.37. The second kappa shape index (κ2) is 12.9. The van der Waals surface area contributed by atoms with Crippen LogP contribution in [0.3, 0.4) is 0 Å². The Morgan fingerprint density at radius 2 is 1.53 bits per heavy atom. The van der Waals surface area contributed by atoms with E-state index in [4.69, 9.17) is 10.3 Å². The maximum Gasteiger partial charge on any atom is 0.214 e. The van der Waals surface area contributed by atoms with Gasteiger partial charge in [-0.15, -0.1) is 12.4 Å². The number of primary sulfonamides is 2. The summed E-state index contributed by atoms with van der Waals surface area (Å²) in [5, 5.41) is 11.9. The number of carbonyl (C=O) groups is 1. The third-order valence-corrected chi connectivity index (χ3v) is 7.04. The Labute approximate surface area is 194 Å². The van der Waals surface area contributed by atoms with Gasteiger partial charge in [0.2, 0.25) is 20.0 Å². The predicted octanol–water partition coefficient (Wildman–Crippen LogP) is -0.883. The Morgan fingerprint density at radius 3 is 1.84 bits per heavy atom. The van der Waals surface area contributed by atoms with Gasteiger partial charge in [0, 0.05) is 63.1 Å². The highest BCUT2D eigenvalue weighted by Crippen LogP contribution is 2.16. The van der Waals surface area contributed by atoms with E-state index in [1.54, 1.807) is 30.7 Å². The Kier molecular flexibility index (Phi) is 11.3. The molecule has 0 aromatic carbocycles. The summed E-state index contributed by atoms with van der Waals surface area (Å²) in [5.41, 5.74) is 1.71. The van der Waals surface area contributed by atoms with Crippen molar-refractivity contribution in [3.05, 3.63) is 60.2 Å². The van der Waals surface area contributed by atoms with E-state index in [2.05, 4.69) is 15.3 Å². The van der Waals surface area contributed by atoms with Crippen molar-refractivity contribution < 1.29 is 21.6 Å². The van der Waals surface area contributed by atoms with E-state index in [1.807, 2.05) is 17.0 Å². The Balaban J connectivity index is 0.000000257. The number of rotatable bonds is 5. The Hall–Kier alpha value is -2.00. The van der Waals surface area contributed by atoms with Crippen molar-refractivity contribution in [3.63, 3.8) is 0 Å². The van der Waals surface area contributed by atoms with Crippen molar-refractivity contribution in [3.8, 4) is 0 Å². The van der Waals surface area contributed by atoms with Crippen LogP contribution >= 0.6 is 12.4 Å². The largest absolute Gasteiger partial charge is 0.314 e. The summed E-state index contributed by atoms with van der Waals surface area (Å²) in [6.07, 6.45) is 7.42. The summed E-state index contributed by atoms with van der Waals surface area (Å²) < 4.78 is 42.6. The maximum absolute atomic E-state index is 11.0. The molecule has 0 amide bonds. The van der Waals surface area contributed by atoms with Crippen molar-refractivity contribution in [2.75, 3.05) is 26.2 Å². The average Bonchev–Trinajstić information content (AvgIpc) is 2.63. The summed E-state index contributed by atoms with van der Waals surface area (Å²) >= 11 is 0. The first kappa shape index (κ1) is 28.0. The summed E-state index contributed by atoms with van der Waals surface area (Å²) in [4.78, 5) is 19.7. The molecule has 4 heterocycles. The minimum Gasteiger partial charge on any atom is -0.314 e. The van der Waals surface area contributed by atoms with Crippen molar-refractivity contribution in [1.29, 1.82) is 0 Å². The monoisotopic (exact) mass is 506 g/mol. The molecule has 0 aliphatic carbocycles. The molecule has 0 atom stereocenters. The first-order chi connectivity index (χ1) is 14.6. The van der Waals surface area contributed by atoms with Crippen molar-refractivity contribution >= 4 is 38.7 Å². The van der Waals surface area contributed by atoms with Crippen LogP contribution in [0.1, 0.15) is 15.9 Å². The topological polar surface area (TPSA) is 178 Å². The van der Waals surface area contributed by atoms with Crippen LogP contribution in [0.15, 0.2) is 49.1 Å². The van der Waals surface area contributed by atoms with Gasteiger partial charge in [-0.2, -0.15) is 0 Å². The van der Waals surface area contributed by atoms with Gasteiger partial charge in [-0.1, -0.05) is 6.07 Å². The molecule has 2 aromatic rings. The predicted molar refractivity (Wildman–Crippen MR) is 123 cm³/mol. The molecular weight excluding hydrogens is 480 g/mol. The molecule has 0 spiro atoms. The highest BCUT2D eigenvalue weighted by molar-refractivity contribution is 7.90. The molecule has 2 saturated heterocycles. The summed E-state index contributed by atoms with van der Waals surface area (Å²) in [7, 11) is -6.58. The molecule has 11 nitrogen and oxygen atoms in total. The number of hydrogen-bond donors (Lipinski definition) is 3. The standard InChI is InChI=1S/C9H13N3O2S.C6H5NO.C3H8N2O2S.ClH/c10-15(13,14)9-6-12(7-9)5-8-2-1-3-11-4-8;8-5-6-2-1-3-7-4-6;4-8(6,7)3-1-5-2-3;/h1-4,9H,5-7H2,(H2,10,13,14);1-5H;3,5H,1-2H2,(H2,4,6,7);1H. The van der Waals surface area contributed by atoms with Crippen LogP contribution < -0.4 is 15.6 Å². The van der Waals surface area contributed by atoms with Crippen LogP contribution in [-0.2, 0) is 26.6 Å². The number of aromatic nitrogens is 2. The zero-order valence-electron chi connectivity index (χ0n) is 17.1. The summed E-state index contributed by atoms with van der Waals surface area (Å²) in [5.74, 6) is 0. The molecule has 2 aliphatic heterocycles. The zero-order valence-corrected chi connectivity index (χ0v) is 19.6. The third kappa shape index (κ3) is 9.65. The van der Waals surface area contributed by atoms with Crippen molar-refractivity contribution in [1.82, 2.24) is 20.2 Å². The Bertz CT molecular complexity index is 1030. The highest BCUT2D eigenvalue weighted by Gasteiger charge is 2.34. The normalized spacial score (nSPS) is 16.6. The highest BCUT2D eigenvalue weighted by atomic mass is 35.5. The number of likely N-dealkylation sites (tertiary alicyclic amines) is 1. The molecule has 2 aliphatic rings. The molecule has 0 saturated carbocycles. The number of aldehydes is 1. The second-order valence-corrected chi connectivity index (χ2v) is 10.7. The number of nitrogens with zero attached hydrogens (tertiary/aromatic N) is 3. The molecule has 0 unspecified atom stereocenters. The van der Waals surface area contributed by atoms with E-state index in [0.717, 1.165) is 18.4 Å². The average molecular weight is 507 g/mol. The molecule has 178 valence electrons. The lowest BCUT2D eigenvalue weighted by molar-refractivity contribution is 0.112. The number of nitrogens with one attached hydrogen (secondary N) is 1. The van der Waals surface area contributed by atoms with Crippen LogP contribution in [-0.4, -0.2) is 74.7 Å². The summed E-state index contributed by atoms with van der Waals surface area (Å²) in [6.45, 7) is 2.80. The fourth-order valence-corrected chi connectivity index (χ4v) is 4.09. The molecule has 2 aromatic heterocycles. The van der Waals surface area contributed by atoms with Gasteiger partial charge in [0.25, 0.3) is 0 Å². The molecule has 5 N–H and O–H groups in total. The zero-order chi connectivity index (χ0) is 22.9. The Morgan fingerprint density at radius 1 is 0.969 bits per heavy atom. The molecule has 4 rings (SSSR count). The molecule has 32 heavy (non-hydrogen) atoms. The first-order valence-electron chi connectivity index (χ1n) is 9.30. The van der Waals surface area contributed by atoms with Gasteiger partial charge in [0.1, 0.15) is 5.25 Å². The van der Waals surface area contributed by atoms with E-state index in [9.17, 15) is 21.6 Å². The van der Waals surface area contributed by atoms with Crippen LogP contribution in [0.2, 0.25) is 0 Å². The molecular formula is C18H27ClN6O5S2. The van der Waals surface area contributed by atoms with E-state index >= 15 is 0 Å². The third-order valence-electron chi connectivity index (χ3n) is 4.55. The molecule has 0 bridgehead atoms.